The van der Waals surface area contributed by atoms with Crippen LogP contribution >= 0.6 is 23.8 Å². The first-order valence-corrected chi connectivity index (χ1v) is 9.89. The summed E-state index contributed by atoms with van der Waals surface area (Å²) in [5.74, 6) is -0.939. The Morgan fingerprint density at radius 3 is 2.07 bits per heavy atom. The second kappa shape index (κ2) is 9.54. The Balaban J connectivity index is 1.82. The summed E-state index contributed by atoms with van der Waals surface area (Å²) in [5, 5.41) is 13.7. The lowest BCUT2D eigenvalue weighted by Crippen LogP contribution is -2.34. The van der Waals surface area contributed by atoms with E-state index in [1.807, 2.05) is 72.5 Å². The van der Waals surface area contributed by atoms with Gasteiger partial charge >= 0.3 is 5.97 Å². The fourth-order valence-electron chi connectivity index (χ4n) is 2.89. The molecular formula is C23H21ClN2O2S. The SMILES string of the molecule is Cc1ccccc1NC(=S)N(Cc1ccc(Cl)cc1)Cc1ccc(C(=O)O)cc1. The number of para-hydroxylation sites is 1. The molecule has 0 aliphatic carbocycles. The topological polar surface area (TPSA) is 52.6 Å². The maximum absolute atomic E-state index is 11.1. The molecular weight excluding hydrogens is 404 g/mol. The van der Waals surface area contributed by atoms with Crippen molar-refractivity contribution >= 4 is 40.6 Å². The fraction of sp³-hybridized carbons (Fsp3) is 0.130. The monoisotopic (exact) mass is 424 g/mol. The molecule has 3 aromatic rings. The van der Waals surface area contributed by atoms with Gasteiger partial charge in [0.15, 0.2) is 5.11 Å². The summed E-state index contributed by atoms with van der Waals surface area (Å²) in [7, 11) is 0. The largest absolute Gasteiger partial charge is 0.478 e. The van der Waals surface area contributed by atoms with Crippen molar-refractivity contribution in [2.45, 2.75) is 20.0 Å². The zero-order valence-electron chi connectivity index (χ0n) is 15.9. The van der Waals surface area contributed by atoms with Gasteiger partial charge in [0.1, 0.15) is 0 Å². The highest BCUT2D eigenvalue weighted by atomic mass is 35.5. The van der Waals surface area contributed by atoms with Crippen LogP contribution in [-0.4, -0.2) is 21.1 Å². The number of thiocarbonyl (C=S) groups is 1. The van der Waals surface area contributed by atoms with Crippen molar-refractivity contribution in [2.24, 2.45) is 0 Å². The molecule has 2 N–H and O–H groups in total. The summed E-state index contributed by atoms with van der Waals surface area (Å²) in [5.41, 5.74) is 4.37. The Morgan fingerprint density at radius 2 is 1.52 bits per heavy atom. The van der Waals surface area contributed by atoms with Crippen molar-refractivity contribution < 1.29 is 9.90 Å². The van der Waals surface area contributed by atoms with Gasteiger partial charge < -0.3 is 15.3 Å². The van der Waals surface area contributed by atoms with Crippen molar-refractivity contribution in [3.63, 3.8) is 0 Å². The number of carboxylic acids is 1. The highest BCUT2D eigenvalue weighted by molar-refractivity contribution is 7.80. The minimum Gasteiger partial charge on any atom is -0.478 e. The van der Waals surface area contributed by atoms with Crippen molar-refractivity contribution in [3.05, 3.63) is 100 Å². The average Bonchev–Trinajstić information content (AvgIpc) is 2.71. The molecule has 3 aromatic carbocycles. The molecule has 0 bridgehead atoms. The quantitative estimate of drug-likeness (QED) is 0.494. The molecule has 0 unspecified atom stereocenters. The lowest BCUT2D eigenvalue weighted by molar-refractivity contribution is 0.0697. The standard InChI is InChI=1S/C23H21ClN2O2S/c1-16-4-2-3-5-21(16)25-23(29)26(15-18-8-12-20(24)13-9-18)14-17-6-10-19(11-7-17)22(27)28/h2-13H,14-15H2,1H3,(H,25,29)(H,27,28). The van der Waals surface area contributed by atoms with Gasteiger partial charge in [-0.15, -0.1) is 0 Å². The molecule has 3 rings (SSSR count). The van der Waals surface area contributed by atoms with E-state index < -0.39 is 5.97 Å². The molecule has 0 spiro atoms. The molecule has 6 heteroatoms. The van der Waals surface area contributed by atoms with E-state index in [9.17, 15) is 4.79 Å². The summed E-state index contributed by atoms with van der Waals surface area (Å²) in [6, 6.07) is 22.5. The second-order valence-corrected chi connectivity index (χ2v) is 7.55. The van der Waals surface area contributed by atoms with E-state index in [0.29, 0.717) is 23.2 Å². The first kappa shape index (κ1) is 20.8. The molecule has 0 radical (unpaired) electrons. The Bertz CT molecular complexity index is 1000. The van der Waals surface area contributed by atoms with Crippen LogP contribution < -0.4 is 5.32 Å². The van der Waals surface area contributed by atoms with Gasteiger partial charge in [-0.25, -0.2) is 4.79 Å². The third-order valence-corrected chi connectivity index (χ3v) is 5.15. The molecule has 0 aromatic heterocycles. The van der Waals surface area contributed by atoms with E-state index in [1.165, 1.54) is 0 Å². The average molecular weight is 425 g/mol. The molecule has 0 fully saturated rings. The molecule has 0 saturated carbocycles. The summed E-state index contributed by atoms with van der Waals surface area (Å²) in [6.07, 6.45) is 0. The smallest absolute Gasteiger partial charge is 0.335 e. The molecule has 148 valence electrons. The van der Waals surface area contributed by atoms with Gasteiger partial charge in [0.05, 0.1) is 5.56 Å². The molecule has 0 saturated heterocycles. The molecule has 4 nitrogen and oxygen atoms in total. The van der Waals surface area contributed by atoms with E-state index in [1.54, 1.807) is 12.1 Å². The first-order valence-electron chi connectivity index (χ1n) is 9.10. The van der Waals surface area contributed by atoms with Crippen LogP contribution in [-0.2, 0) is 13.1 Å². The van der Waals surface area contributed by atoms with Crippen LogP contribution in [0.4, 0.5) is 5.69 Å². The first-order chi connectivity index (χ1) is 13.9. The molecule has 0 atom stereocenters. The van der Waals surface area contributed by atoms with E-state index >= 15 is 0 Å². The Morgan fingerprint density at radius 1 is 0.966 bits per heavy atom. The number of halogens is 1. The predicted octanol–water partition coefficient (Wildman–Crippen LogP) is 5.75. The number of hydrogen-bond donors (Lipinski definition) is 2. The Kier molecular flexibility index (Phi) is 6.86. The van der Waals surface area contributed by atoms with Gasteiger partial charge in [-0.1, -0.05) is 54.1 Å². The molecule has 0 amide bonds. The van der Waals surface area contributed by atoms with Crippen molar-refractivity contribution in [3.8, 4) is 0 Å². The predicted molar refractivity (Wildman–Crippen MR) is 122 cm³/mol. The van der Waals surface area contributed by atoms with E-state index in [-0.39, 0.29) is 5.56 Å². The van der Waals surface area contributed by atoms with E-state index in [4.69, 9.17) is 28.9 Å². The lowest BCUT2D eigenvalue weighted by Gasteiger charge is -2.27. The normalized spacial score (nSPS) is 10.4. The fourth-order valence-corrected chi connectivity index (χ4v) is 3.26. The minimum atomic E-state index is -0.939. The second-order valence-electron chi connectivity index (χ2n) is 6.73. The number of carboxylic acid groups (broad SMARTS) is 1. The molecule has 0 aliphatic heterocycles. The highest BCUT2D eigenvalue weighted by Crippen LogP contribution is 2.18. The Hall–Kier alpha value is -2.89. The lowest BCUT2D eigenvalue weighted by atomic mass is 10.1. The summed E-state index contributed by atoms with van der Waals surface area (Å²) < 4.78 is 0. The number of hydrogen-bond acceptors (Lipinski definition) is 2. The number of aryl methyl sites for hydroxylation is 1. The van der Waals surface area contributed by atoms with Crippen LogP contribution in [0.25, 0.3) is 0 Å². The van der Waals surface area contributed by atoms with Crippen molar-refractivity contribution in [1.29, 1.82) is 0 Å². The van der Waals surface area contributed by atoms with Gasteiger partial charge in [0.25, 0.3) is 0 Å². The van der Waals surface area contributed by atoms with Gasteiger partial charge in [-0.05, 0) is 66.2 Å². The van der Waals surface area contributed by atoms with Gasteiger partial charge in [0.2, 0.25) is 0 Å². The summed E-state index contributed by atoms with van der Waals surface area (Å²) >= 11 is 11.7. The van der Waals surface area contributed by atoms with Gasteiger partial charge in [-0.2, -0.15) is 0 Å². The number of nitrogens with zero attached hydrogens (tertiary/aromatic N) is 1. The maximum atomic E-state index is 11.1. The molecule has 0 heterocycles. The van der Waals surface area contributed by atoms with Crippen LogP contribution in [0.3, 0.4) is 0 Å². The van der Waals surface area contributed by atoms with Crippen LogP contribution in [0, 0.1) is 6.92 Å². The summed E-state index contributed by atoms with van der Waals surface area (Å²) in [6.45, 7) is 3.16. The number of nitrogens with one attached hydrogen (secondary N) is 1. The van der Waals surface area contributed by atoms with Crippen LogP contribution in [0.15, 0.2) is 72.8 Å². The maximum Gasteiger partial charge on any atom is 0.335 e. The highest BCUT2D eigenvalue weighted by Gasteiger charge is 2.13. The number of aromatic carboxylic acids is 1. The zero-order valence-corrected chi connectivity index (χ0v) is 17.5. The van der Waals surface area contributed by atoms with Crippen LogP contribution in [0.1, 0.15) is 27.0 Å². The molecule has 29 heavy (non-hydrogen) atoms. The molecule has 0 aliphatic rings. The minimum absolute atomic E-state index is 0.263. The number of carbonyl (C=O) groups is 1. The zero-order chi connectivity index (χ0) is 20.8. The van der Waals surface area contributed by atoms with Crippen molar-refractivity contribution in [1.82, 2.24) is 4.90 Å². The van der Waals surface area contributed by atoms with Crippen molar-refractivity contribution in [2.75, 3.05) is 5.32 Å². The van der Waals surface area contributed by atoms with Gasteiger partial charge in [-0.3, -0.25) is 0 Å². The van der Waals surface area contributed by atoms with Gasteiger partial charge in [0, 0.05) is 23.8 Å². The van der Waals surface area contributed by atoms with E-state index in [2.05, 4.69) is 5.32 Å². The number of benzene rings is 3. The Labute approximate surface area is 180 Å². The van der Waals surface area contributed by atoms with Crippen LogP contribution in [0.2, 0.25) is 5.02 Å². The third-order valence-electron chi connectivity index (χ3n) is 4.53. The third kappa shape index (κ3) is 5.79. The number of anilines is 1. The van der Waals surface area contributed by atoms with Crippen LogP contribution in [0.5, 0.6) is 0 Å². The number of rotatable bonds is 6. The van der Waals surface area contributed by atoms with E-state index in [0.717, 1.165) is 22.4 Å². The summed E-state index contributed by atoms with van der Waals surface area (Å²) in [4.78, 5) is 13.1.